The van der Waals surface area contributed by atoms with Crippen molar-refractivity contribution in [1.29, 1.82) is 0 Å². The number of benzene rings is 1. The molecule has 47 heavy (non-hydrogen) atoms. The molecule has 0 bridgehead atoms. The van der Waals surface area contributed by atoms with E-state index in [9.17, 15) is 17.6 Å². The van der Waals surface area contributed by atoms with Gasteiger partial charge in [0.15, 0.2) is 17.5 Å². The number of nitrogens with two attached hydrogens (primary N) is 1. The summed E-state index contributed by atoms with van der Waals surface area (Å²) in [5.41, 5.74) is 1.70. The highest BCUT2D eigenvalue weighted by atomic mass is 19.3. The normalized spacial score (nSPS) is 27.2. The van der Waals surface area contributed by atoms with E-state index >= 15 is 8.78 Å². The second kappa shape index (κ2) is 11.8. The van der Waals surface area contributed by atoms with Gasteiger partial charge in [-0.1, -0.05) is 6.92 Å². The first-order chi connectivity index (χ1) is 22.4. The summed E-state index contributed by atoms with van der Waals surface area (Å²) in [6.07, 6.45) is -2.99. The van der Waals surface area contributed by atoms with Crippen LogP contribution in [0.1, 0.15) is 50.7 Å². The number of nitrogen functional groups attached to an aromatic ring is 1. The topological polar surface area (TPSA) is 102 Å². The number of fused-ring (bicyclic) bond motifs is 3. The molecule has 0 amide bonds. The first-order valence-electron chi connectivity index (χ1n) is 16.1. The third-order valence-corrected chi connectivity index (χ3v) is 10.3. The third-order valence-electron chi connectivity index (χ3n) is 10.3. The Hall–Kier alpha value is -3.59. The Balaban J connectivity index is 1.44. The van der Waals surface area contributed by atoms with E-state index in [1.54, 1.807) is 0 Å². The maximum atomic E-state index is 16.9. The number of halogens is 6. The van der Waals surface area contributed by atoms with Gasteiger partial charge in [-0.3, -0.25) is 4.90 Å². The van der Waals surface area contributed by atoms with Crippen LogP contribution in [0.3, 0.4) is 0 Å². The summed E-state index contributed by atoms with van der Waals surface area (Å²) in [4.78, 5) is 17.6. The van der Waals surface area contributed by atoms with Crippen LogP contribution >= 0.6 is 0 Å². The van der Waals surface area contributed by atoms with E-state index < -0.39 is 70.6 Å². The van der Waals surface area contributed by atoms with E-state index in [0.29, 0.717) is 31.9 Å². The first kappa shape index (κ1) is 32.0. The molecule has 254 valence electrons. The Bertz CT molecular complexity index is 1730. The predicted molar refractivity (Wildman–Crippen MR) is 163 cm³/mol. The molecular formula is C32H37F6N7O2. The summed E-state index contributed by atoms with van der Waals surface area (Å²) in [5, 5.41) is 3.60. The van der Waals surface area contributed by atoms with Gasteiger partial charge in [-0.15, -0.1) is 0 Å². The van der Waals surface area contributed by atoms with E-state index in [4.69, 9.17) is 20.2 Å². The zero-order chi connectivity index (χ0) is 33.4. The van der Waals surface area contributed by atoms with E-state index in [1.807, 2.05) is 18.7 Å². The number of anilines is 2. The summed E-state index contributed by atoms with van der Waals surface area (Å²) in [7, 11) is 0. The number of pyridine rings is 1. The van der Waals surface area contributed by atoms with E-state index in [1.165, 1.54) is 6.92 Å². The van der Waals surface area contributed by atoms with Gasteiger partial charge in [0.05, 0.1) is 11.6 Å². The van der Waals surface area contributed by atoms with Crippen LogP contribution < -0.4 is 25.4 Å². The van der Waals surface area contributed by atoms with Crippen molar-refractivity contribution in [2.24, 2.45) is 0 Å². The Morgan fingerprint density at radius 1 is 1.13 bits per heavy atom. The fourth-order valence-electron chi connectivity index (χ4n) is 8.13. The van der Waals surface area contributed by atoms with Gasteiger partial charge >= 0.3 is 6.01 Å². The van der Waals surface area contributed by atoms with Crippen molar-refractivity contribution >= 4 is 22.4 Å². The van der Waals surface area contributed by atoms with Crippen molar-refractivity contribution in [1.82, 2.24) is 25.2 Å². The van der Waals surface area contributed by atoms with Gasteiger partial charge in [-0.25, -0.2) is 31.3 Å². The van der Waals surface area contributed by atoms with E-state index in [-0.39, 0.29) is 47.0 Å². The predicted octanol–water partition coefficient (Wildman–Crippen LogP) is 5.10. The van der Waals surface area contributed by atoms with E-state index in [2.05, 4.69) is 20.2 Å². The van der Waals surface area contributed by atoms with Crippen LogP contribution in [-0.4, -0.2) is 89.0 Å². The number of aromatic nitrogens is 3. The molecule has 4 aliphatic rings. The molecule has 6 heterocycles. The molecule has 15 heteroatoms. The average molecular weight is 666 g/mol. The molecule has 3 saturated heterocycles. The minimum Gasteiger partial charge on any atom is -0.472 e. The number of piperazine rings is 1. The lowest BCUT2D eigenvalue weighted by Gasteiger charge is -2.43. The Morgan fingerprint density at radius 3 is 2.66 bits per heavy atom. The number of hydrogen-bond donors (Lipinski definition) is 2. The Kier molecular flexibility index (Phi) is 8.05. The minimum absolute atomic E-state index is 0.0488. The van der Waals surface area contributed by atoms with Crippen LogP contribution in [0.4, 0.5) is 37.8 Å². The summed E-state index contributed by atoms with van der Waals surface area (Å²) < 4.78 is 102. The van der Waals surface area contributed by atoms with Crippen LogP contribution in [0.25, 0.3) is 22.2 Å². The first-order valence-corrected chi connectivity index (χ1v) is 16.1. The number of hydrogen-bond acceptors (Lipinski definition) is 9. The second-order valence-electron chi connectivity index (χ2n) is 13.1. The monoisotopic (exact) mass is 665 g/mol. The highest BCUT2D eigenvalue weighted by Crippen LogP contribution is 2.45. The van der Waals surface area contributed by atoms with Crippen molar-refractivity contribution in [3.05, 3.63) is 28.6 Å². The van der Waals surface area contributed by atoms with Crippen LogP contribution in [0.2, 0.25) is 0 Å². The van der Waals surface area contributed by atoms with Crippen molar-refractivity contribution in [3.63, 3.8) is 0 Å². The lowest BCUT2D eigenvalue weighted by Crippen LogP contribution is -2.62. The molecule has 4 aliphatic heterocycles. The summed E-state index contributed by atoms with van der Waals surface area (Å²) >= 11 is 0. The summed E-state index contributed by atoms with van der Waals surface area (Å²) in [6.45, 7) is 7.22. The highest BCUT2D eigenvalue weighted by molar-refractivity contribution is 5.97. The number of rotatable bonds is 7. The van der Waals surface area contributed by atoms with Crippen LogP contribution in [0, 0.1) is 24.4 Å². The Labute approximate surface area is 267 Å². The molecule has 0 radical (unpaired) electrons. The lowest BCUT2D eigenvalue weighted by molar-refractivity contribution is 0.107. The molecule has 9 nitrogen and oxygen atoms in total. The zero-order valence-electron chi connectivity index (χ0n) is 26.4. The quantitative estimate of drug-likeness (QED) is 0.264. The molecule has 1 aromatic carbocycles. The van der Waals surface area contributed by atoms with Gasteiger partial charge in [0, 0.05) is 44.1 Å². The minimum atomic E-state index is -3.01. The molecule has 0 saturated carbocycles. The van der Waals surface area contributed by atoms with Gasteiger partial charge in [0.2, 0.25) is 12.3 Å². The molecule has 5 atom stereocenters. The molecule has 3 aromatic rings. The molecule has 0 spiro atoms. The van der Waals surface area contributed by atoms with Crippen LogP contribution in [-0.2, 0) is 6.42 Å². The summed E-state index contributed by atoms with van der Waals surface area (Å²) in [6, 6.07) is -0.519. The van der Waals surface area contributed by atoms with Gasteiger partial charge < -0.3 is 25.4 Å². The molecule has 0 unspecified atom stereocenters. The molecular weight excluding hydrogens is 628 g/mol. The Morgan fingerprint density at radius 2 is 1.91 bits per heavy atom. The molecule has 3 fully saturated rings. The van der Waals surface area contributed by atoms with E-state index in [0.717, 1.165) is 25.8 Å². The van der Waals surface area contributed by atoms with Gasteiger partial charge in [-0.05, 0) is 50.8 Å². The summed E-state index contributed by atoms with van der Waals surface area (Å²) in [5.74, 6) is -3.60. The number of ether oxygens (including phenoxy) is 2. The van der Waals surface area contributed by atoms with Crippen LogP contribution in [0.5, 0.6) is 11.9 Å². The lowest BCUT2D eigenvalue weighted by atomic mass is 9.93. The van der Waals surface area contributed by atoms with Crippen LogP contribution in [0.15, 0.2) is 0 Å². The zero-order valence-corrected chi connectivity index (χ0v) is 26.4. The standard InChI is InChI=1S/C32H37F6N7O2/c1-4-18-28-15(3)47-30-21-27(24(38)26(41-30)20-17(10-19(34)35)14(2)22(36)25(39)23(20)37)42-31(43-29(21)45(28)9-7-40-18)46-13-32-6-5-8-44(32)12-16(33)11-32/h15-16,18-19,28,40H,4-13,39H2,1-3H3/t15-,16+,18-,28+,32-/m0/s1. The van der Waals surface area contributed by atoms with Crippen molar-refractivity contribution in [3.8, 4) is 23.1 Å². The fourth-order valence-corrected chi connectivity index (χ4v) is 8.13. The van der Waals surface area contributed by atoms with Gasteiger partial charge in [0.25, 0.3) is 0 Å². The van der Waals surface area contributed by atoms with Gasteiger partial charge in [-0.2, -0.15) is 9.97 Å². The second-order valence-corrected chi connectivity index (χ2v) is 13.1. The number of nitrogens with zero attached hydrogens (tertiary/aromatic N) is 5. The number of alkyl halides is 3. The molecule has 7 rings (SSSR count). The smallest absolute Gasteiger partial charge is 0.319 e. The SMILES string of the molecule is CC[C@@H]1NCCN2c3nc(OC[C@@]45CCCN4C[C@H](F)C5)nc4c(F)c(-c5c(F)c(N)c(F)c(C)c5CC(F)F)nc(c34)O[C@@H](C)[C@H]12. The van der Waals surface area contributed by atoms with Crippen molar-refractivity contribution < 1.29 is 35.8 Å². The maximum absolute atomic E-state index is 16.9. The highest BCUT2D eigenvalue weighted by Gasteiger charge is 2.50. The molecule has 3 N–H and O–H groups in total. The van der Waals surface area contributed by atoms with Crippen molar-refractivity contribution in [2.45, 2.75) is 89.2 Å². The maximum Gasteiger partial charge on any atom is 0.319 e. The molecule has 2 aromatic heterocycles. The fraction of sp³-hybridized carbons (Fsp3) is 0.594. The largest absolute Gasteiger partial charge is 0.472 e. The number of nitrogens with one attached hydrogen (secondary N) is 1. The third kappa shape index (κ3) is 5.11. The van der Waals surface area contributed by atoms with Crippen molar-refractivity contribution in [2.75, 3.05) is 43.4 Å². The molecule has 0 aliphatic carbocycles. The average Bonchev–Trinajstić information content (AvgIpc) is 3.54. The van der Waals surface area contributed by atoms with Gasteiger partial charge in [0.1, 0.15) is 47.0 Å².